The second-order valence-corrected chi connectivity index (χ2v) is 4.21. The highest BCUT2D eigenvalue weighted by Crippen LogP contribution is 2.07. The van der Waals surface area contributed by atoms with Crippen molar-refractivity contribution in [3.63, 3.8) is 0 Å². The van der Waals surface area contributed by atoms with Crippen LogP contribution in [0.4, 0.5) is 0 Å². The molecule has 0 atom stereocenters. The summed E-state index contributed by atoms with van der Waals surface area (Å²) in [4.78, 5) is 0. The molecule has 0 aliphatic rings. The Bertz CT molecular complexity index is 135. The summed E-state index contributed by atoms with van der Waals surface area (Å²) in [6, 6.07) is 0. The van der Waals surface area contributed by atoms with Crippen molar-refractivity contribution in [3.8, 4) is 0 Å². The molecule has 0 saturated carbocycles. The topological polar surface area (TPSA) is 24.4 Å². The molecular weight excluding hydrogens is 160 g/mol. The minimum atomic E-state index is 0.851. The standard InChI is InChI=1S/C11H24N2/c1-10(2)8-6-5-7-9-12-13-11(3)4/h10,12H,5-9H2,1-4H3. The summed E-state index contributed by atoms with van der Waals surface area (Å²) in [6.07, 6.45) is 5.28. The maximum absolute atomic E-state index is 4.12. The predicted octanol–water partition coefficient (Wildman–Crippen LogP) is 3.19. The lowest BCUT2D eigenvalue weighted by Gasteiger charge is -2.04. The second-order valence-electron chi connectivity index (χ2n) is 4.21. The Balaban J connectivity index is 3.04. The molecule has 0 heterocycles. The highest BCUT2D eigenvalue weighted by atomic mass is 15.3. The first-order chi connectivity index (χ1) is 6.13. The van der Waals surface area contributed by atoms with E-state index in [-0.39, 0.29) is 0 Å². The molecule has 0 unspecified atom stereocenters. The summed E-state index contributed by atoms with van der Waals surface area (Å²) in [5.41, 5.74) is 4.16. The number of nitrogens with zero attached hydrogens (tertiary/aromatic N) is 1. The summed E-state index contributed by atoms with van der Waals surface area (Å²) in [7, 11) is 0. The molecule has 0 fully saturated rings. The van der Waals surface area contributed by atoms with Gasteiger partial charge in [-0.15, -0.1) is 0 Å². The molecule has 0 aliphatic heterocycles. The van der Waals surface area contributed by atoms with Crippen LogP contribution in [0.15, 0.2) is 5.10 Å². The zero-order valence-corrected chi connectivity index (χ0v) is 9.56. The number of hydrogen-bond acceptors (Lipinski definition) is 2. The minimum Gasteiger partial charge on any atom is -0.310 e. The normalized spacial score (nSPS) is 10.2. The molecule has 0 aromatic rings. The van der Waals surface area contributed by atoms with Crippen molar-refractivity contribution < 1.29 is 0 Å². The summed E-state index contributed by atoms with van der Waals surface area (Å²) >= 11 is 0. The van der Waals surface area contributed by atoms with Crippen LogP contribution >= 0.6 is 0 Å². The van der Waals surface area contributed by atoms with Gasteiger partial charge in [-0.3, -0.25) is 0 Å². The van der Waals surface area contributed by atoms with Gasteiger partial charge in [0.15, 0.2) is 0 Å². The van der Waals surface area contributed by atoms with Gasteiger partial charge in [-0.25, -0.2) is 0 Å². The Hall–Kier alpha value is -0.530. The van der Waals surface area contributed by atoms with Gasteiger partial charge >= 0.3 is 0 Å². The minimum absolute atomic E-state index is 0.851. The molecule has 0 aromatic carbocycles. The van der Waals surface area contributed by atoms with Gasteiger partial charge < -0.3 is 5.43 Å². The van der Waals surface area contributed by atoms with E-state index in [1.165, 1.54) is 25.7 Å². The summed E-state index contributed by atoms with van der Waals surface area (Å²) in [5, 5.41) is 4.12. The third-order valence-electron chi connectivity index (χ3n) is 1.87. The van der Waals surface area contributed by atoms with Crippen molar-refractivity contribution in [2.75, 3.05) is 6.54 Å². The van der Waals surface area contributed by atoms with E-state index in [4.69, 9.17) is 0 Å². The summed E-state index contributed by atoms with van der Waals surface area (Å²) < 4.78 is 0. The van der Waals surface area contributed by atoms with Crippen molar-refractivity contribution in [1.29, 1.82) is 0 Å². The summed E-state index contributed by atoms with van der Waals surface area (Å²) in [6.45, 7) is 9.59. The second kappa shape index (κ2) is 8.09. The molecule has 1 N–H and O–H groups in total. The van der Waals surface area contributed by atoms with Crippen molar-refractivity contribution in [2.24, 2.45) is 11.0 Å². The SMILES string of the molecule is CC(C)=NNCCCCCC(C)C. The van der Waals surface area contributed by atoms with Crippen LogP contribution in [0.5, 0.6) is 0 Å². The van der Waals surface area contributed by atoms with E-state index in [9.17, 15) is 0 Å². The van der Waals surface area contributed by atoms with E-state index in [2.05, 4.69) is 24.4 Å². The highest BCUT2D eigenvalue weighted by Gasteiger charge is 1.93. The zero-order chi connectivity index (χ0) is 10.1. The van der Waals surface area contributed by atoms with Crippen LogP contribution in [0, 0.1) is 5.92 Å². The van der Waals surface area contributed by atoms with Gasteiger partial charge in [0.2, 0.25) is 0 Å². The zero-order valence-electron chi connectivity index (χ0n) is 9.56. The van der Waals surface area contributed by atoms with Crippen LogP contribution in [-0.2, 0) is 0 Å². The molecule has 0 aliphatic carbocycles. The molecule has 78 valence electrons. The lowest BCUT2D eigenvalue weighted by molar-refractivity contribution is 0.519. The number of unbranched alkanes of at least 4 members (excludes halogenated alkanes) is 2. The van der Waals surface area contributed by atoms with Gasteiger partial charge in [-0.05, 0) is 26.2 Å². The Morgan fingerprint density at radius 2 is 1.85 bits per heavy atom. The fraction of sp³-hybridized carbons (Fsp3) is 0.909. The van der Waals surface area contributed by atoms with Crippen LogP contribution in [0.25, 0.3) is 0 Å². The van der Waals surface area contributed by atoms with E-state index in [0.717, 1.165) is 18.2 Å². The average Bonchev–Trinajstić information content (AvgIpc) is 2.01. The Morgan fingerprint density at radius 3 is 2.38 bits per heavy atom. The molecule has 0 saturated heterocycles. The van der Waals surface area contributed by atoms with Crippen molar-refractivity contribution in [1.82, 2.24) is 5.43 Å². The molecule has 2 nitrogen and oxygen atoms in total. The first kappa shape index (κ1) is 12.5. The third-order valence-corrected chi connectivity index (χ3v) is 1.87. The molecule has 0 rings (SSSR count). The monoisotopic (exact) mass is 184 g/mol. The number of nitrogens with one attached hydrogen (secondary N) is 1. The molecule has 0 amide bonds. The van der Waals surface area contributed by atoms with Crippen LogP contribution in [0.1, 0.15) is 53.4 Å². The molecule has 0 radical (unpaired) electrons. The Labute approximate surface area is 82.8 Å². The van der Waals surface area contributed by atoms with Crippen LogP contribution in [0.2, 0.25) is 0 Å². The lowest BCUT2D eigenvalue weighted by atomic mass is 10.1. The number of rotatable bonds is 7. The number of hydrazone groups is 1. The maximum atomic E-state index is 4.12. The molecular formula is C11H24N2. The van der Waals surface area contributed by atoms with E-state index < -0.39 is 0 Å². The quantitative estimate of drug-likeness (QED) is 0.367. The van der Waals surface area contributed by atoms with Crippen molar-refractivity contribution in [2.45, 2.75) is 53.4 Å². The van der Waals surface area contributed by atoms with Gasteiger partial charge in [0, 0.05) is 12.3 Å². The molecule has 13 heavy (non-hydrogen) atoms. The van der Waals surface area contributed by atoms with Gasteiger partial charge in [-0.2, -0.15) is 5.10 Å². The van der Waals surface area contributed by atoms with E-state index >= 15 is 0 Å². The first-order valence-electron chi connectivity index (χ1n) is 5.36. The highest BCUT2D eigenvalue weighted by molar-refractivity contribution is 5.78. The first-order valence-corrected chi connectivity index (χ1v) is 5.36. The third kappa shape index (κ3) is 11.5. The van der Waals surface area contributed by atoms with Crippen molar-refractivity contribution in [3.05, 3.63) is 0 Å². The molecule has 0 aromatic heterocycles. The van der Waals surface area contributed by atoms with Gasteiger partial charge in [-0.1, -0.05) is 33.1 Å². The largest absolute Gasteiger partial charge is 0.310 e. The molecule has 2 heteroatoms. The van der Waals surface area contributed by atoms with E-state index in [0.29, 0.717) is 0 Å². The van der Waals surface area contributed by atoms with Gasteiger partial charge in [0.1, 0.15) is 0 Å². The fourth-order valence-electron chi connectivity index (χ4n) is 1.15. The van der Waals surface area contributed by atoms with E-state index in [1.54, 1.807) is 0 Å². The van der Waals surface area contributed by atoms with Crippen molar-refractivity contribution >= 4 is 5.71 Å². The molecule has 0 bridgehead atoms. The number of hydrogen-bond donors (Lipinski definition) is 1. The maximum Gasteiger partial charge on any atom is 0.0329 e. The lowest BCUT2D eigenvalue weighted by Crippen LogP contribution is -2.09. The van der Waals surface area contributed by atoms with Crippen LogP contribution in [0.3, 0.4) is 0 Å². The fourth-order valence-corrected chi connectivity index (χ4v) is 1.15. The Morgan fingerprint density at radius 1 is 1.15 bits per heavy atom. The van der Waals surface area contributed by atoms with Gasteiger partial charge in [0.05, 0.1) is 0 Å². The van der Waals surface area contributed by atoms with Crippen LogP contribution in [-0.4, -0.2) is 12.3 Å². The molecule has 0 spiro atoms. The summed E-state index contributed by atoms with van der Waals surface area (Å²) in [5.74, 6) is 0.851. The van der Waals surface area contributed by atoms with Gasteiger partial charge in [0.25, 0.3) is 0 Å². The average molecular weight is 184 g/mol. The van der Waals surface area contributed by atoms with Crippen LogP contribution < -0.4 is 5.43 Å². The Kier molecular flexibility index (Phi) is 7.76. The van der Waals surface area contributed by atoms with E-state index in [1.807, 2.05) is 13.8 Å². The smallest absolute Gasteiger partial charge is 0.0329 e. The predicted molar refractivity (Wildman–Crippen MR) is 60.1 cm³/mol.